The summed E-state index contributed by atoms with van der Waals surface area (Å²) in [6.07, 6.45) is 0.336. The number of ether oxygens (including phenoxy) is 2. The number of halogens is 1. The molecule has 8 heteroatoms. The van der Waals surface area contributed by atoms with Gasteiger partial charge in [0.05, 0.1) is 7.11 Å². The summed E-state index contributed by atoms with van der Waals surface area (Å²) in [5, 5.41) is 3.02. The van der Waals surface area contributed by atoms with Crippen LogP contribution in [0.1, 0.15) is 34.1 Å². The van der Waals surface area contributed by atoms with E-state index < -0.39 is 5.60 Å². The fourth-order valence-corrected chi connectivity index (χ4v) is 1.97. The van der Waals surface area contributed by atoms with Crippen molar-refractivity contribution in [2.24, 2.45) is 10.7 Å². The Morgan fingerprint density at radius 3 is 2.62 bits per heavy atom. The van der Waals surface area contributed by atoms with Crippen molar-refractivity contribution >= 4 is 41.7 Å². The maximum Gasteiger partial charge on any atom is 0.410 e. The minimum Gasteiger partial charge on any atom is -0.497 e. The molecule has 3 N–H and O–H groups in total. The number of aliphatic imine (C=N–C) groups is 1. The number of amides is 1. The minimum atomic E-state index is -0.506. The number of carbonyl (C=O) groups is 1. The van der Waals surface area contributed by atoms with Crippen LogP contribution in [0.4, 0.5) is 10.5 Å². The quantitative estimate of drug-likeness (QED) is 0.370. The van der Waals surface area contributed by atoms with Crippen molar-refractivity contribution in [1.82, 2.24) is 4.90 Å². The molecular weight excluding hydrogens is 447 g/mol. The first-order chi connectivity index (χ1) is 11.6. The third kappa shape index (κ3) is 9.12. The van der Waals surface area contributed by atoms with Crippen molar-refractivity contribution in [3.63, 3.8) is 0 Å². The number of rotatable bonds is 6. The van der Waals surface area contributed by atoms with Gasteiger partial charge < -0.3 is 25.4 Å². The summed E-state index contributed by atoms with van der Waals surface area (Å²) in [7, 11) is 3.33. The van der Waals surface area contributed by atoms with E-state index in [9.17, 15) is 4.79 Å². The normalized spacial score (nSPS) is 12.6. The van der Waals surface area contributed by atoms with E-state index in [4.69, 9.17) is 15.2 Å². The molecule has 0 radical (unpaired) electrons. The largest absolute Gasteiger partial charge is 0.497 e. The van der Waals surface area contributed by atoms with Crippen LogP contribution in [-0.4, -0.2) is 49.3 Å². The highest BCUT2D eigenvalue weighted by Crippen LogP contribution is 2.16. The lowest BCUT2D eigenvalue weighted by atomic mass is 10.2. The maximum absolute atomic E-state index is 12.0. The van der Waals surface area contributed by atoms with Crippen molar-refractivity contribution in [2.45, 2.75) is 45.8 Å². The van der Waals surface area contributed by atoms with E-state index in [0.29, 0.717) is 18.9 Å². The Morgan fingerprint density at radius 1 is 1.38 bits per heavy atom. The van der Waals surface area contributed by atoms with Gasteiger partial charge in [-0.2, -0.15) is 0 Å². The SMILES string of the molecule is COc1cccc(NC(N)=NCCC(C)N(C)C(=O)OC(C)(C)C)c1.I. The van der Waals surface area contributed by atoms with E-state index in [1.165, 1.54) is 0 Å². The van der Waals surface area contributed by atoms with Crippen molar-refractivity contribution in [1.29, 1.82) is 0 Å². The lowest BCUT2D eigenvalue weighted by Gasteiger charge is -2.28. The number of anilines is 1. The predicted octanol–water partition coefficient (Wildman–Crippen LogP) is 3.69. The number of guanidine groups is 1. The van der Waals surface area contributed by atoms with Gasteiger partial charge in [0, 0.05) is 31.4 Å². The van der Waals surface area contributed by atoms with E-state index in [-0.39, 0.29) is 36.1 Å². The number of nitrogens with zero attached hydrogens (tertiary/aromatic N) is 2. The summed E-state index contributed by atoms with van der Waals surface area (Å²) in [6, 6.07) is 7.42. The third-order valence-corrected chi connectivity index (χ3v) is 3.51. The molecule has 0 saturated carbocycles. The predicted molar refractivity (Wildman–Crippen MR) is 117 cm³/mol. The van der Waals surface area contributed by atoms with Gasteiger partial charge in [0.2, 0.25) is 0 Å². The average Bonchev–Trinajstić information content (AvgIpc) is 2.52. The first-order valence-electron chi connectivity index (χ1n) is 8.29. The Kier molecular flexibility index (Phi) is 10.4. The zero-order valence-electron chi connectivity index (χ0n) is 16.4. The zero-order chi connectivity index (χ0) is 19.0. The van der Waals surface area contributed by atoms with Crippen LogP contribution in [0, 0.1) is 0 Å². The number of hydrogen-bond acceptors (Lipinski definition) is 4. The van der Waals surface area contributed by atoms with Crippen LogP contribution in [0.2, 0.25) is 0 Å². The molecule has 0 bridgehead atoms. The molecule has 0 spiro atoms. The Morgan fingerprint density at radius 2 is 2.04 bits per heavy atom. The molecule has 1 aromatic carbocycles. The number of carbonyl (C=O) groups excluding carboxylic acids is 1. The molecule has 0 aromatic heterocycles. The molecule has 1 rings (SSSR count). The Balaban J connectivity index is 0.00000625. The van der Waals surface area contributed by atoms with Crippen LogP contribution < -0.4 is 15.8 Å². The van der Waals surface area contributed by atoms with Crippen LogP contribution in [-0.2, 0) is 4.74 Å². The van der Waals surface area contributed by atoms with E-state index in [2.05, 4.69) is 10.3 Å². The van der Waals surface area contributed by atoms with Gasteiger partial charge in [-0.1, -0.05) is 6.07 Å². The second kappa shape index (κ2) is 11.1. The zero-order valence-corrected chi connectivity index (χ0v) is 18.7. The summed E-state index contributed by atoms with van der Waals surface area (Å²) in [5.41, 5.74) is 6.19. The van der Waals surface area contributed by atoms with Crippen molar-refractivity contribution in [2.75, 3.05) is 26.0 Å². The van der Waals surface area contributed by atoms with Gasteiger partial charge in [-0.3, -0.25) is 4.99 Å². The molecule has 1 atom stereocenters. The summed E-state index contributed by atoms with van der Waals surface area (Å²) in [4.78, 5) is 17.9. The van der Waals surface area contributed by atoms with Gasteiger partial charge in [0.15, 0.2) is 5.96 Å². The molecule has 0 saturated heterocycles. The molecule has 26 heavy (non-hydrogen) atoms. The van der Waals surface area contributed by atoms with Crippen LogP contribution in [0.5, 0.6) is 5.75 Å². The fraction of sp³-hybridized carbons (Fsp3) is 0.556. The van der Waals surface area contributed by atoms with Gasteiger partial charge in [-0.15, -0.1) is 24.0 Å². The molecule has 0 heterocycles. The molecule has 0 aliphatic rings. The standard InChI is InChI=1S/C18H30N4O3.HI/c1-13(22(5)17(23)25-18(2,3)4)10-11-20-16(19)21-14-8-7-9-15(12-14)24-6;/h7-9,12-13H,10-11H2,1-6H3,(H3,19,20,21);1H. The minimum absolute atomic E-state index is 0. The number of nitrogens with one attached hydrogen (secondary N) is 1. The van der Waals surface area contributed by atoms with Crippen molar-refractivity contribution in [3.8, 4) is 5.75 Å². The Labute approximate surface area is 173 Å². The smallest absolute Gasteiger partial charge is 0.410 e. The highest BCUT2D eigenvalue weighted by atomic mass is 127. The summed E-state index contributed by atoms with van der Waals surface area (Å²) in [6.45, 7) is 7.98. The number of methoxy groups -OCH3 is 1. The highest BCUT2D eigenvalue weighted by Gasteiger charge is 2.22. The molecular formula is C18H31IN4O3. The summed E-state index contributed by atoms with van der Waals surface area (Å²) in [5.74, 6) is 1.06. The monoisotopic (exact) mass is 478 g/mol. The maximum atomic E-state index is 12.0. The number of hydrogen-bond donors (Lipinski definition) is 2. The van der Waals surface area contributed by atoms with Gasteiger partial charge in [0.25, 0.3) is 0 Å². The Bertz CT molecular complexity index is 602. The molecule has 148 valence electrons. The summed E-state index contributed by atoms with van der Waals surface area (Å²) >= 11 is 0. The number of nitrogens with two attached hydrogens (primary N) is 1. The fourth-order valence-electron chi connectivity index (χ4n) is 1.97. The molecule has 7 nitrogen and oxygen atoms in total. The second-order valence-electron chi connectivity index (χ2n) is 6.85. The molecule has 0 aliphatic carbocycles. The lowest BCUT2D eigenvalue weighted by Crippen LogP contribution is -2.39. The van der Waals surface area contributed by atoms with E-state index in [1.54, 1.807) is 19.1 Å². The molecule has 1 aromatic rings. The van der Waals surface area contributed by atoms with Crippen LogP contribution in [0.3, 0.4) is 0 Å². The van der Waals surface area contributed by atoms with Gasteiger partial charge in [-0.05, 0) is 46.2 Å². The highest BCUT2D eigenvalue weighted by molar-refractivity contribution is 14.0. The molecule has 1 amide bonds. The topological polar surface area (TPSA) is 89.2 Å². The van der Waals surface area contributed by atoms with E-state index in [1.807, 2.05) is 52.0 Å². The lowest BCUT2D eigenvalue weighted by molar-refractivity contribution is 0.0231. The average molecular weight is 478 g/mol. The van der Waals surface area contributed by atoms with Gasteiger partial charge in [-0.25, -0.2) is 4.79 Å². The Hall–Kier alpha value is -1.71. The van der Waals surface area contributed by atoms with Gasteiger partial charge >= 0.3 is 6.09 Å². The summed E-state index contributed by atoms with van der Waals surface area (Å²) < 4.78 is 10.5. The first kappa shape index (κ1) is 24.3. The van der Waals surface area contributed by atoms with Gasteiger partial charge in [0.1, 0.15) is 11.4 Å². The van der Waals surface area contributed by atoms with E-state index in [0.717, 1.165) is 11.4 Å². The second-order valence-corrected chi connectivity index (χ2v) is 6.85. The number of benzene rings is 1. The van der Waals surface area contributed by atoms with Crippen molar-refractivity contribution in [3.05, 3.63) is 24.3 Å². The molecule has 1 unspecified atom stereocenters. The van der Waals surface area contributed by atoms with Crippen LogP contribution in [0.25, 0.3) is 0 Å². The molecule has 0 aliphatic heterocycles. The molecule has 0 fully saturated rings. The third-order valence-electron chi connectivity index (χ3n) is 3.51. The van der Waals surface area contributed by atoms with Crippen LogP contribution in [0.15, 0.2) is 29.3 Å². The van der Waals surface area contributed by atoms with Crippen molar-refractivity contribution < 1.29 is 14.3 Å². The van der Waals surface area contributed by atoms with Crippen LogP contribution >= 0.6 is 24.0 Å². The first-order valence-corrected chi connectivity index (χ1v) is 8.29. The van der Waals surface area contributed by atoms with E-state index >= 15 is 0 Å².